The number of methoxy groups -OCH3 is 2. The van der Waals surface area contributed by atoms with Crippen LogP contribution in [0.2, 0.25) is 5.02 Å². The summed E-state index contributed by atoms with van der Waals surface area (Å²) in [6.07, 6.45) is -3.23. The van der Waals surface area contributed by atoms with Crippen LogP contribution in [0, 0.1) is 5.92 Å². The first-order valence-corrected chi connectivity index (χ1v) is 11.1. The number of carbonyl (C=O) groups is 1. The molecule has 0 radical (unpaired) electrons. The number of halogens is 4. The molecule has 0 bridgehead atoms. The van der Waals surface area contributed by atoms with Gasteiger partial charge in [0.05, 0.1) is 20.3 Å². The number of nitrogens with one attached hydrogen (secondary N) is 1. The molecule has 2 aliphatic heterocycles. The zero-order valence-electron chi connectivity index (χ0n) is 18.6. The summed E-state index contributed by atoms with van der Waals surface area (Å²) in [5.74, 6) is 0.910. The molecule has 33 heavy (non-hydrogen) atoms. The number of anilines is 1. The Morgan fingerprint density at radius 3 is 2.45 bits per heavy atom. The van der Waals surface area contributed by atoms with Gasteiger partial charge in [-0.1, -0.05) is 24.6 Å². The first kappa shape index (κ1) is 23.5. The molecule has 1 fully saturated rings. The molecule has 0 saturated carbocycles. The lowest BCUT2D eigenvalue weighted by molar-refractivity contribution is -0.173. The molecule has 0 spiro atoms. The van der Waals surface area contributed by atoms with Gasteiger partial charge < -0.3 is 19.7 Å². The molecule has 11 heteroatoms. The number of piperidine rings is 1. The Kier molecular flexibility index (Phi) is 6.39. The molecular formula is C22H26ClF3N4O3. The molecule has 0 unspecified atom stereocenters. The van der Waals surface area contributed by atoms with Gasteiger partial charge in [0.15, 0.2) is 23.2 Å². The highest BCUT2D eigenvalue weighted by Crippen LogP contribution is 2.47. The SMILES string of the molecule is COc1ccc([C@@H]2C[C@H](C(F)(F)F)n3nc(C(=O)N4CCC(C)CC4)c(Cl)c3N2)cc1OC. The number of likely N-dealkylation sites (tertiary alicyclic amines) is 1. The number of benzene rings is 1. The normalized spacial score (nSPS) is 21.4. The van der Waals surface area contributed by atoms with Crippen molar-refractivity contribution in [3.63, 3.8) is 0 Å². The van der Waals surface area contributed by atoms with E-state index in [9.17, 15) is 18.0 Å². The molecule has 1 amide bonds. The average Bonchev–Trinajstić information content (AvgIpc) is 3.13. The van der Waals surface area contributed by atoms with Crippen molar-refractivity contribution in [3.05, 3.63) is 34.5 Å². The van der Waals surface area contributed by atoms with E-state index in [1.54, 1.807) is 23.1 Å². The highest BCUT2D eigenvalue weighted by Gasteiger charge is 2.48. The van der Waals surface area contributed by atoms with E-state index in [0.29, 0.717) is 36.1 Å². The second-order valence-corrected chi connectivity index (χ2v) is 8.91. The van der Waals surface area contributed by atoms with E-state index in [4.69, 9.17) is 21.1 Å². The van der Waals surface area contributed by atoms with E-state index < -0.39 is 24.2 Å². The zero-order chi connectivity index (χ0) is 23.9. The molecule has 3 heterocycles. The van der Waals surface area contributed by atoms with Crippen LogP contribution in [-0.2, 0) is 0 Å². The van der Waals surface area contributed by atoms with Crippen LogP contribution in [0.3, 0.4) is 0 Å². The predicted octanol–water partition coefficient (Wildman–Crippen LogP) is 5.09. The van der Waals surface area contributed by atoms with E-state index in [-0.39, 0.29) is 23.0 Å². The molecule has 1 N–H and O–H groups in total. The maximum absolute atomic E-state index is 14.0. The minimum atomic E-state index is -4.58. The van der Waals surface area contributed by atoms with Gasteiger partial charge in [0.2, 0.25) is 0 Å². The molecule has 180 valence electrons. The second-order valence-electron chi connectivity index (χ2n) is 8.53. The van der Waals surface area contributed by atoms with Crippen LogP contribution in [0.25, 0.3) is 0 Å². The number of amides is 1. The molecule has 7 nitrogen and oxygen atoms in total. The van der Waals surface area contributed by atoms with Crippen molar-refractivity contribution in [2.45, 2.75) is 44.4 Å². The number of ether oxygens (including phenoxy) is 2. The van der Waals surface area contributed by atoms with Gasteiger partial charge in [0.25, 0.3) is 5.91 Å². The fourth-order valence-corrected chi connectivity index (χ4v) is 4.64. The van der Waals surface area contributed by atoms with E-state index >= 15 is 0 Å². The number of fused-ring (bicyclic) bond motifs is 1. The number of rotatable bonds is 4. The summed E-state index contributed by atoms with van der Waals surface area (Å²) in [5, 5.41) is 7.01. The number of nitrogens with zero attached hydrogens (tertiary/aromatic N) is 3. The van der Waals surface area contributed by atoms with E-state index in [1.165, 1.54) is 14.2 Å². The number of alkyl halides is 3. The first-order chi connectivity index (χ1) is 15.6. The monoisotopic (exact) mass is 486 g/mol. The molecule has 2 aromatic rings. The van der Waals surface area contributed by atoms with Crippen molar-refractivity contribution >= 4 is 23.3 Å². The number of hydrogen-bond donors (Lipinski definition) is 1. The summed E-state index contributed by atoms with van der Waals surface area (Å²) in [6, 6.07) is 2.28. The van der Waals surface area contributed by atoms with Crippen LogP contribution in [0.15, 0.2) is 18.2 Å². The van der Waals surface area contributed by atoms with Gasteiger partial charge in [0, 0.05) is 19.5 Å². The van der Waals surface area contributed by atoms with Crippen LogP contribution in [-0.4, -0.2) is 54.1 Å². The molecule has 2 atom stereocenters. The van der Waals surface area contributed by atoms with Gasteiger partial charge in [0.1, 0.15) is 10.8 Å². The van der Waals surface area contributed by atoms with Crippen LogP contribution >= 0.6 is 11.6 Å². The van der Waals surface area contributed by atoms with Crippen LogP contribution in [0.5, 0.6) is 11.5 Å². The summed E-state index contributed by atoms with van der Waals surface area (Å²) in [5.41, 5.74) is 0.416. The summed E-state index contributed by atoms with van der Waals surface area (Å²) >= 11 is 6.45. The molecule has 1 aromatic heterocycles. The third-order valence-corrected chi connectivity index (χ3v) is 6.74. The van der Waals surface area contributed by atoms with E-state index in [0.717, 1.165) is 17.5 Å². The van der Waals surface area contributed by atoms with Crippen molar-refractivity contribution in [3.8, 4) is 11.5 Å². The van der Waals surface area contributed by atoms with Crippen LogP contribution < -0.4 is 14.8 Å². The standard InChI is InChI=1S/C22H26ClF3N4O3/c1-12-6-8-29(9-7-12)21(31)19-18(23)20-27-14(11-17(22(24,25)26)30(20)28-19)13-4-5-15(32-2)16(10-13)33-3/h4-5,10,12,14,17,27H,6-9,11H2,1-3H3/t14-,17+/m0/s1. The predicted molar refractivity (Wildman–Crippen MR) is 117 cm³/mol. The second kappa shape index (κ2) is 8.96. The summed E-state index contributed by atoms with van der Waals surface area (Å²) < 4.78 is 53.4. The van der Waals surface area contributed by atoms with Gasteiger partial charge >= 0.3 is 6.18 Å². The van der Waals surface area contributed by atoms with Crippen molar-refractivity contribution < 1.29 is 27.4 Å². The molecule has 2 aliphatic rings. The van der Waals surface area contributed by atoms with E-state index in [2.05, 4.69) is 17.3 Å². The summed E-state index contributed by atoms with van der Waals surface area (Å²) in [4.78, 5) is 14.6. The van der Waals surface area contributed by atoms with Crippen molar-refractivity contribution in [2.75, 3.05) is 32.6 Å². The van der Waals surface area contributed by atoms with Crippen LogP contribution in [0.4, 0.5) is 19.0 Å². The maximum Gasteiger partial charge on any atom is 0.410 e. The fourth-order valence-electron chi connectivity index (χ4n) is 4.38. The van der Waals surface area contributed by atoms with Gasteiger partial charge in [-0.2, -0.15) is 18.3 Å². The van der Waals surface area contributed by atoms with Gasteiger partial charge in [-0.05, 0) is 36.5 Å². The van der Waals surface area contributed by atoms with Crippen LogP contribution in [0.1, 0.15) is 54.3 Å². The maximum atomic E-state index is 14.0. The molecule has 1 saturated heterocycles. The Bertz CT molecular complexity index is 1030. The summed E-state index contributed by atoms with van der Waals surface area (Å²) in [7, 11) is 2.94. The highest BCUT2D eigenvalue weighted by molar-refractivity contribution is 6.36. The lowest BCUT2D eigenvalue weighted by atomic mass is 9.96. The first-order valence-electron chi connectivity index (χ1n) is 10.8. The fraction of sp³-hybridized carbons (Fsp3) is 0.545. The molecular weight excluding hydrogens is 461 g/mol. The third-order valence-electron chi connectivity index (χ3n) is 6.38. The molecule has 0 aliphatic carbocycles. The minimum Gasteiger partial charge on any atom is -0.493 e. The minimum absolute atomic E-state index is 0.0150. The average molecular weight is 487 g/mol. The van der Waals surface area contributed by atoms with Gasteiger partial charge in [-0.3, -0.25) is 4.79 Å². The van der Waals surface area contributed by atoms with Gasteiger partial charge in [-0.15, -0.1) is 0 Å². The number of aromatic nitrogens is 2. The Morgan fingerprint density at radius 1 is 1.18 bits per heavy atom. The number of carbonyl (C=O) groups excluding carboxylic acids is 1. The molecule has 1 aromatic carbocycles. The van der Waals surface area contributed by atoms with E-state index in [1.807, 2.05) is 0 Å². The Labute approximate surface area is 194 Å². The lowest BCUT2D eigenvalue weighted by Crippen LogP contribution is -2.38. The number of hydrogen-bond acceptors (Lipinski definition) is 5. The van der Waals surface area contributed by atoms with Crippen molar-refractivity contribution in [1.29, 1.82) is 0 Å². The topological polar surface area (TPSA) is 68.6 Å². The zero-order valence-corrected chi connectivity index (χ0v) is 19.3. The quantitative estimate of drug-likeness (QED) is 0.652. The largest absolute Gasteiger partial charge is 0.493 e. The molecule has 4 rings (SSSR count). The summed E-state index contributed by atoms with van der Waals surface area (Å²) in [6.45, 7) is 3.17. The highest BCUT2D eigenvalue weighted by atomic mass is 35.5. The Morgan fingerprint density at radius 2 is 1.85 bits per heavy atom. The van der Waals surface area contributed by atoms with Crippen molar-refractivity contribution in [2.24, 2.45) is 5.92 Å². The Hall–Kier alpha value is -2.62. The van der Waals surface area contributed by atoms with Crippen molar-refractivity contribution in [1.82, 2.24) is 14.7 Å². The Balaban J connectivity index is 1.70. The smallest absolute Gasteiger partial charge is 0.410 e. The third kappa shape index (κ3) is 4.45. The van der Waals surface area contributed by atoms with Gasteiger partial charge in [-0.25, -0.2) is 4.68 Å². The lowest BCUT2D eigenvalue weighted by Gasteiger charge is -2.33.